The summed E-state index contributed by atoms with van der Waals surface area (Å²) in [6.45, 7) is -0.270. The van der Waals surface area contributed by atoms with Gasteiger partial charge in [-0.05, 0) is 5.56 Å². The molecule has 0 bridgehead atoms. The van der Waals surface area contributed by atoms with Gasteiger partial charge in [0, 0.05) is 6.42 Å². The number of aliphatic hydroxyl groups excluding tert-OH is 1. The highest BCUT2D eigenvalue weighted by Crippen LogP contribution is 2.35. The molecule has 3 heterocycles. The third-order valence-electron chi connectivity index (χ3n) is 4.38. The van der Waals surface area contributed by atoms with Gasteiger partial charge in [0.1, 0.15) is 25.1 Å². The Hall–Kier alpha value is -2.98. The Morgan fingerprint density at radius 2 is 2.15 bits per heavy atom. The average Bonchev–Trinajstić information content (AvgIpc) is 3.20. The number of nitrogen functional groups attached to an aromatic ring is 1. The second-order valence-corrected chi connectivity index (χ2v) is 6.23. The zero-order chi connectivity index (χ0) is 19.0. The Morgan fingerprint density at radius 1 is 1.37 bits per heavy atom. The number of aromatic amines is 1. The van der Waals surface area contributed by atoms with Gasteiger partial charge in [-0.25, -0.2) is 4.39 Å². The van der Waals surface area contributed by atoms with E-state index in [1.165, 1.54) is 4.57 Å². The summed E-state index contributed by atoms with van der Waals surface area (Å²) in [5.74, 6) is -0.100. The maximum atomic E-state index is 14.1. The predicted molar refractivity (Wildman–Crippen MR) is 93.8 cm³/mol. The topological polar surface area (TPSA) is 128 Å². The van der Waals surface area contributed by atoms with E-state index in [1.807, 2.05) is 30.3 Å². The maximum absolute atomic E-state index is 14.1. The molecule has 10 heteroatoms. The normalized spacial score (nSPS) is 22.4. The smallest absolute Gasteiger partial charge is 0.301 e. The van der Waals surface area contributed by atoms with Crippen LogP contribution in [0.4, 0.5) is 10.3 Å². The fourth-order valence-electron chi connectivity index (χ4n) is 3.08. The van der Waals surface area contributed by atoms with Gasteiger partial charge in [0.25, 0.3) is 5.56 Å². The number of fused-ring (bicyclic) bond motifs is 1. The number of hydrogen-bond acceptors (Lipinski definition) is 7. The van der Waals surface area contributed by atoms with Crippen LogP contribution in [0.2, 0.25) is 0 Å². The summed E-state index contributed by atoms with van der Waals surface area (Å²) < 4.78 is 26.9. The summed E-state index contributed by atoms with van der Waals surface area (Å²) in [6.07, 6.45) is -3.19. The molecule has 3 unspecified atom stereocenters. The van der Waals surface area contributed by atoms with Crippen molar-refractivity contribution in [3.63, 3.8) is 0 Å². The second kappa shape index (κ2) is 6.97. The van der Waals surface area contributed by atoms with Gasteiger partial charge in [0.05, 0.1) is 6.61 Å². The summed E-state index contributed by atoms with van der Waals surface area (Å²) in [4.78, 5) is 22.9. The number of benzene rings is 1. The Kier molecular flexibility index (Phi) is 4.50. The Labute approximate surface area is 152 Å². The number of aliphatic hydroxyl groups is 1. The van der Waals surface area contributed by atoms with Crippen molar-refractivity contribution in [3.05, 3.63) is 46.2 Å². The number of aromatic nitrogens is 4. The number of alkyl halides is 1. The van der Waals surface area contributed by atoms with Crippen molar-refractivity contribution in [2.24, 2.45) is 0 Å². The zero-order valence-corrected chi connectivity index (χ0v) is 14.2. The van der Waals surface area contributed by atoms with Gasteiger partial charge in [0.2, 0.25) is 5.95 Å². The van der Waals surface area contributed by atoms with Crippen molar-refractivity contribution < 1.29 is 19.0 Å². The van der Waals surface area contributed by atoms with E-state index in [1.54, 1.807) is 0 Å². The van der Waals surface area contributed by atoms with Crippen molar-refractivity contribution in [1.29, 1.82) is 0 Å². The van der Waals surface area contributed by atoms with E-state index >= 15 is 0 Å². The largest absolute Gasteiger partial charge is 0.460 e. The van der Waals surface area contributed by atoms with Crippen LogP contribution in [-0.2, 0) is 11.3 Å². The molecule has 3 atom stereocenters. The van der Waals surface area contributed by atoms with Gasteiger partial charge in [-0.2, -0.15) is 9.97 Å². The number of nitrogens with one attached hydrogen (secondary N) is 1. The highest BCUT2D eigenvalue weighted by atomic mass is 19.1. The summed E-state index contributed by atoms with van der Waals surface area (Å²) in [5.41, 5.74) is 6.15. The number of anilines is 1. The zero-order valence-electron chi connectivity index (χ0n) is 14.2. The van der Waals surface area contributed by atoms with Gasteiger partial charge in [-0.1, -0.05) is 30.3 Å². The third-order valence-corrected chi connectivity index (χ3v) is 4.38. The van der Waals surface area contributed by atoms with Crippen LogP contribution in [0.25, 0.3) is 11.2 Å². The number of imidazole rings is 1. The predicted octanol–water partition coefficient (Wildman–Crippen LogP) is 0.899. The maximum Gasteiger partial charge on any atom is 0.301 e. The molecule has 0 amide bonds. The van der Waals surface area contributed by atoms with E-state index in [2.05, 4.69) is 15.0 Å². The lowest BCUT2D eigenvalue weighted by molar-refractivity contribution is -0.0353. The van der Waals surface area contributed by atoms with Crippen LogP contribution in [0.3, 0.4) is 0 Å². The molecule has 0 saturated carbocycles. The van der Waals surface area contributed by atoms with E-state index < -0.39 is 30.7 Å². The van der Waals surface area contributed by atoms with Gasteiger partial charge < -0.3 is 20.3 Å². The number of ether oxygens (including phenoxy) is 2. The molecule has 27 heavy (non-hydrogen) atoms. The van der Waals surface area contributed by atoms with Gasteiger partial charge in [-0.3, -0.25) is 14.3 Å². The van der Waals surface area contributed by atoms with E-state index in [0.717, 1.165) is 5.56 Å². The standard InChI is InChI=1S/C17H18FN5O4/c18-10-6-12(27-11(10)7-24)23-14-13(15(25)22-16(19)21-14)20-17(23)26-8-9-4-2-1-3-5-9/h1-5,10-12,24H,6-8H2,(H3,19,21,22,25). The average molecular weight is 375 g/mol. The highest BCUT2D eigenvalue weighted by molar-refractivity contribution is 5.72. The van der Waals surface area contributed by atoms with Crippen LogP contribution >= 0.6 is 0 Å². The van der Waals surface area contributed by atoms with Crippen molar-refractivity contribution in [2.45, 2.75) is 31.5 Å². The Balaban J connectivity index is 1.75. The molecule has 2 aromatic heterocycles. The molecule has 3 aromatic rings. The molecule has 0 radical (unpaired) electrons. The summed E-state index contributed by atoms with van der Waals surface area (Å²) in [5, 5.41) is 9.26. The first-order chi connectivity index (χ1) is 13.1. The van der Waals surface area contributed by atoms with Gasteiger partial charge >= 0.3 is 6.01 Å². The summed E-state index contributed by atoms with van der Waals surface area (Å²) in [6, 6.07) is 9.44. The molecule has 1 saturated heterocycles. The molecule has 1 aromatic carbocycles. The second-order valence-electron chi connectivity index (χ2n) is 6.23. The fourth-order valence-corrected chi connectivity index (χ4v) is 3.08. The van der Waals surface area contributed by atoms with Crippen molar-refractivity contribution in [3.8, 4) is 6.01 Å². The number of rotatable bonds is 5. The van der Waals surface area contributed by atoms with E-state index in [0.29, 0.717) is 0 Å². The van der Waals surface area contributed by atoms with Crippen LogP contribution in [-0.4, -0.2) is 43.5 Å². The van der Waals surface area contributed by atoms with Crippen LogP contribution in [0.1, 0.15) is 18.2 Å². The molecule has 4 rings (SSSR count). The SMILES string of the molecule is Nc1nc2c(nc(OCc3ccccc3)n2C2CC(F)C(CO)O2)c(=O)[nH]1. The number of nitrogens with two attached hydrogens (primary N) is 1. The molecule has 1 aliphatic heterocycles. The third kappa shape index (κ3) is 3.24. The van der Waals surface area contributed by atoms with E-state index in [9.17, 15) is 14.3 Å². The molecular formula is C17H18FN5O4. The molecule has 1 fully saturated rings. The Morgan fingerprint density at radius 3 is 2.85 bits per heavy atom. The van der Waals surface area contributed by atoms with Crippen LogP contribution in [0.15, 0.2) is 35.1 Å². The fraction of sp³-hybridized carbons (Fsp3) is 0.353. The van der Waals surface area contributed by atoms with Gasteiger partial charge in [-0.15, -0.1) is 0 Å². The number of nitrogens with zero attached hydrogens (tertiary/aromatic N) is 3. The number of hydrogen-bond donors (Lipinski definition) is 3. The molecule has 1 aliphatic rings. The van der Waals surface area contributed by atoms with Crippen molar-refractivity contribution >= 4 is 17.1 Å². The van der Waals surface area contributed by atoms with E-state index in [-0.39, 0.29) is 36.2 Å². The number of halogens is 1. The van der Waals surface area contributed by atoms with Crippen LogP contribution in [0.5, 0.6) is 6.01 Å². The first-order valence-corrected chi connectivity index (χ1v) is 8.41. The molecule has 9 nitrogen and oxygen atoms in total. The lowest BCUT2D eigenvalue weighted by Gasteiger charge is -2.16. The molecular weight excluding hydrogens is 357 g/mol. The first-order valence-electron chi connectivity index (χ1n) is 8.41. The molecule has 142 valence electrons. The minimum atomic E-state index is -1.36. The summed E-state index contributed by atoms with van der Waals surface area (Å²) in [7, 11) is 0. The minimum Gasteiger partial charge on any atom is -0.460 e. The van der Waals surface area contributed by atoms with Crippen molar-refractivity contribution in [1.82, 2.24) is 19.5 Å². The van der Waals surface area contributed by atoms with Crippen molar-refractivity contribution in [2.75, 3.05) is 12.3 Å². The quantitative estimate of drug-likeness (QED) is 0.604. The molecule has 0 aliphatic carbocycles. The lowest BCUT2D eigenvalue weighted by atomic mass is 10.2. The monoisotopic (exact) mass is 375 g/mol. The van der Waals surface area contributed by atoms with E-state index in [4.69, 9.17) is 15.2 Å². The Bertz CT molecular complexity index is 1010. The van der Waals surface area contributed by atoms with Crippen LogP contribution < -0.4 is 16.0 Å². The highest BCUT2D eigenvalue weighted by Gasteiger charge is 2.38. The first kappa shape index (κ1) is 17.4. The summed E-state index contributed by atoms with van der Waals surface area (Å²) >= 11 is 0. The van der Waals surface area contributed by atoms with Gasteiger partial charge in [0.15, 0.2) is 11.2 Å². The number of H-pyrrole nitrogens is 1. The lowest BCUT2D eigenvalue weighted by Crippen LogP contribution is -2.21. The van der Waals surface area contributed by atoms with Crippen LogP contribution in [0, 0.1) is 0 Å². The molecule has 4 N–H and O–H groups in total. The molecule has 0 spiro atoms. The minimum absolute atomic E-state index is 0.0127.